The summed E-state index contributed by atoms with van der Waals surface area (Å²) in [5.41, 5.74) is 0.494. The Hall–Kier alpha value is -1.67. The van der Waals surface area contributed by atoms with Crippen molar-refractivity contribution in [3.63, 3.8) is 0 Å². The molecule has 5 heteroatoms. The van der Waals surface area contributed by atoms with Crippen molar-refractivity contribution in [1.29, 1.82) is 0 Å². The van der Waals surface area contributed by atoms with Crippen molar-refractivity contribution in [3.8, 4) is 17.6 Å². The summed E-state index contributed by atoms with van der Waals surface area (Å²) in [7, 11) is 0. The van der Waals surface area contributed by atoms with Gasteiger partial charge in [0.1, 0.15) is 12.4 Å². The van der Waals surface area contributed by atoms with E-state index in [-0.39, 0.29) is 12.4 Å². The monoisotopic (exact) mass is 230 g/mol. The largest absolute Gasteiger partial charge is 0.484 e. The highest BCUT2D eigenvalue weighted by atomic mass is 19.4. The summed E-state index contributed by atoms with van der Waals surface area (Å²) in [6.07, 6.45) is -4.35. The fourth-order valence-corrected chi connectivity index (χ4v) is 0.970. The third-order valence-electron chi connectivity index (χ3n) is 1.55. The maximum absolute atomic E-state index is 11.9. The molecule has 0 atom stereocenters. The third-order valence-corrected chi connectivity index (χ3v) is 1.55. The van der Waals surface area contributed by atoms with Gasteiger partial charge in [-0.25, -0.2) is 0 Å². The van der Waals surface area contributed by atoms with E-state index in [1.165, 1.54) is 18.2 Å². The molecule has 0 aliphatic rings. The van der Waals surface area contributed by atoms with E-state index in [1.54, 1.807) is 6.07 Å². The summed E-state index contributed by atoms with van der Waals surface area (Å²) < 4.78 is 40.1. The zero-order valence-corrected chi connectivity index (χ0v) is 8.21. The lowest BCUT2D eigenvalue weighted by Gasteiger charge is -2.08. The van der Waals surface area contributed by atoms with Crippen molar-refractivity contribution in [2.75, 3.05) is 13.2 Å². The maximum atomic E-state index is 11.9. The molecule has 0 fully saturated rings. The summed E-state index contributed by atoms with van der Waals surface area (Å²) in [4.78, 5) is 0. The molecule has 86 valence electrons. The number of rotatable bonds is 2. The van der Waals surface area contributed by atoms with E-state index >= 15 is 0 Å². The molecule has 0 radical (unpaired) electrons. The van der Waals surface area contributed by atoms with Gasteiger partial charge in [0.15, 0.2) is 6.61 Å². The minimum Gasteiger partial charge on any atom is -0.484 e. The lowest BCUT2D eigenvalue weighted by Crippen LogP contribution is -2.19. The van der Waals surface area contributed by atoms with Crippen molar-refractivity contribution >= 4 is 0 Å². The molecule has 0 saturated heterocycles. The van der Waals surface area contributed by atoms with Crippen LogP contribution in [0.15, 0.2) is 24.3 Å². The molecule has 0 aromatic heterocycles. The van der Waals surface area contributed by atoms with Crippen LogP contribution in [0.2, 0.25) is 0 Å². The Morgan fingerprint density at radius 2 is 2.06 bits per heavy atom. The molecule has 2 nitrogen and oxygen atoms in total. The van der Waals surface area contributed by atoms with Gasteiger partial charge in [-0.3, -0.25) is 0 Å². The van der Waals surface area contributed by atoms with Crippen LogP contribution in [0.1, 0.15) is 5.56 Å². The number of ether oxygens (including phenoxy) is 1. The molecule has 0 saturated carbocycles. The van der Waals surface area contributed by atoms with Gasteiger partial charge >= 0.3 is 6.18 Å². The number of benzene rings is 1. The fourth-order valence-electron chi connectivity index (χ4n) is 0.970. The van der Waals surface area contributed by atoms with Crippen LogP contribution < -0.4 is 4.74 Å². The maximum Gasteiger partial charge on any atom is 0.422 e. The van der Waals surface area contributed by atoms with Gasteiger partial charge < -0.3 is 9.84 Å². The number of aliphatic hydroxyl groups is 1. The van der Waals surface area contributed by atoms with Gasteiger partial charge in [-0.15, -0.1) is 0 Å². The molecule has 1 N–H and O–H groups in total. The number of halogens is 3. The van der Waals surface area contributed by atoms with Crippen LogP contribution in [-0.2, 0) is 0 Å². The van der Waals surface area contributed by atoms with Gasteiger partial charge in [-0.1, -0.05) is 17.9 Å². The normalized spacial score (nSPS) is 10.5. The second-order valence-electron chi connectivity index (χ2n) is 2.89. The van der Waals surface area contributed by atoms with Crippen LogP contribution >= 0.6 is 0 Å². The number of alkyl halides is 3. The number of hydrogen-bond acceptors (Lipinski definition) is 2. The lowest BCUT2D eigenvalue weighted by atomic mass is 10.2. The highest BCUT2D eigenvalue weighted by Crippen LogP contribution is 2.18. The molecular formula is C11H9F3O2. The average Bonchev–Trinajstić information content (AvgIpc) is 2.23. The summed E-state index contributed by atoms with van der Waals surface area (Å²) in [5.74, 6) is 5.06. The van der Waals surface area contributed by atoms with E-state index in [1.807, 2.05) is 0 Å². The highest BCUT2D eigenvalue weighted by Gasteiger charge is 2.28. The second kappa shape index (κ2) is 5.42. The first kappa shape index (κ1) is 12.4. The first-order valence-corrected chi connectivity index (χ1v) is 4.40. The van der Waals surface area contributed by atoms with E-state index in [9.17, 15) is 13.2 Å². The Kier molecular flexibility index (Phi) is 4.20. The molecule has 0 bridgehead atoms. The van der Waals surface area contributed by atoms with Gasteiger partial charge in [0.25, 0.3) is 0 Å². The van der Waals surface area contributed by atoms with Crippen molar-refractivity contribution in [2.45, 2.75) is 6.18 Å². The molecule has 1 rings (SSSR count). The lowest BCUT2D eigenvalue weighted by molar-refractivity contribution is -0.153. The molecule has 16 heavy (non-hydrogen) atoms. The Balaban J connectivity index is 2.68. The van der Waals surface area contributed by atoms with Gasteiger partial charge in [0, 0.05) is 5.56 Å². The van der Waals surface area contributed by atoms with Crippen molar-refractivity contribution in [3.05, 3.63) is 29.8 Å². The molecule has 1 aromatic carbocycles. The Bertz CT molecular complexity index is 402. The first-order chi connectivity index (χ1) is 7.51. The number of hydrogen-bond donors (Lipinski definition) is 1. The first-order valence-electron chi connectivity index (χ1n) is 4.40. The average molecular weight is 230 g/mol. The molecule has 0 heterocycles. The second-order valence-corrected chi connectivity index (χ2v) is 2.89. The van der Waals surface area contributed by atoms with E-state index in [0.29, 0.717) is 5.56 Å². The molecule has 0 amide bonds. The molecule has 0 spiro atoms. The van der Waals surface area contributed by atoms with Crippen LogP contribution in [0.4, 0.5) is 13.2 Å². The Morgan fingerprint density at radius 3 is 2.69 bits per heavy atom. The summed E-state index contributed by atoms with van der Waals surface area (Å²) in [6.45, 7) is -1.63. The predicted molar refractivity (Wildman–Crippen MR) is 52.0 cm³/mol. The quantitative estimate of drug-likeness (QED) is 0.787. The van der Waals surface area contributed by atoms with Crippen LogP contribution in [-0.4, -0.2) is 24.5 Å². The number of aliphatic hydroxyl groups excluding tert-OH is 1. The van der Waals surface area contributed by atoms with Crippen molar-refractivity contribution in [2.24, 2.45) is 0 Å². The standard InChI is InChI=1S/C11H9F3O2/c12-11(13,14)8-16-10-5-1-3-9(7-10)4-2-6-15/h1,3,5,7,15H,6,8H2. The van der Waals surface area contributed by atoms with Crippen LogP contribution in [0.5, 0.6) is 5.75 Å². The minimum absolute atomic E-state index is 0.0991. The third kappa shape index (κ3) is 4.71. The molecule has 1 aromatic rings. The van der Waals surface area contributed by atoms with Gasteiger partial charge in [0.05, 0.1) is 0 Å². The predicted octanol–water partition coefficient (Wildman–Crippen LogP) is 1.97. The van der Waals surface area contributed by atoms with Crippen molar-refractivity contribution in [1.82, 2.24) is 0 Å². The van der Waals surface area contributed by atoms with Gasteiger partial charge in [-0.05, 0) is 18.2 Å². The highest BCUT2D eigenvalue weighted by molar-refractivity contribution is 5.39. The topological polar surface area (TPSA) is 29.5 Å². The molecule has 0 unspecified atom stereocenters. The fraction of sp³-hybridized carbons (Fsp3) is 0.273. The summed E-state index contributed by atoms with van der Waals surface area (Å²) >= 11 is 0. The Morgan fingerprint density at radius 1 is 1.31 bits per heavy atom. The minimum atomic E-state index is -4.35. The van der Waals surface area contributed by atoms with Crippen LogP contribution in [0.3, 0.4) is 0 Å². The van der Waals surface area contributed by atoms with Gasteiger partial charge in [0.2, 0.25) is 0 Å². The SMILES string of the molecule is OCC#Cc1cccc(OCC(F)(F)F)c1. The van der Waals surface area contributed by atoms with Crippen molar-refractivity contribution < 1.29 is 23.0 Å². The van der Waals surface area contributed by atoms with E-state index in [2.05, 4.69) is 16.6 Å². The van der Waals surface area contributed by atoms with Crippen LogP contribution in [0, 0.1) is 11.8 Å². The molecular weight excluding hydrogens is 221 g/mol. The smallest absolute Gasteiger partial charge is 0.422 e. The summed E-state index contributed by atoms with van der Waals surface area (Å²) in [5, 5.41) is 8.45. The van der Waals surface area contributed by atoms with E-state index < -0.39 is 12.8 Å². The Labute approximate surface area is 90.7 Å². The van der Waals surface area contributed by atoms with E-state index in [0.717, 1.165) is 0 Å². The molecule has 0 aliphatic carbocycles. The zero-order chi connectivity index (χ0) is 12.0. The van der Waals surface area contributed by atoms with Gasteiger partial charge in [-0.2, -0.15) is 13.2 Å². The zero-order valence-electron chi connectivity index (χ0n) is 8.21. The van der Waals surface area contributed by atoms with Crippen LogP contribution in [0.25, 0.3) is 0 Å². The van der Waals surface area contributed by atoms with E-state index in [4.69, 9.17) is 5.11 Å². The molecule has 0 aliphatic heterocycles. The summed E-state index contributed by atoms with van der Waals surface area (Å²) in [6, 6.07) is 5.94.